The molecule has 1 N–H and O–H groups in total. The SMILES string of the molecule is O=C1NC(=O)N(c2ccc(OCc3ccccc3)cc2)C(=O)/C1=C/c1ccc(OCc2ccc(Cl)c(Cl)c2)c(Cl)c1. The van der Waals surface area contributed by atoms with E-state index in [1.54, 1.807) is 60.7 Å². The average molecular weight is 608 g/mol. The van der Waals surface area contributed by atoms with Gasteiger partial charge >= 0.3 is 6.03 Å². The van der Waals surface area contributed by atoms with E-state index in [0.29, 0.717) is 33.7 Å². The number of anilines is 1. The summed E-state index contributed by atoms with van der Waals surface area (Å²) in [7, 11) is 0. The minimum absolute atomic E-state index is 0.199. The number of benzene rings is 4. The summed E-state index contributed by atoms with van der Waals surface area (Å²) in [5.41, 5.74) is 2.32. The fraction of sp³-hybridized carbons (Fsp3) is 0.0645. The predicted molar refractivity (Wildman–Crippen MR) is 158 cm³/mol. The fourth-order valence-corrected chi connectivity index (χ4v) is 4.57. The molecular formula is C31H21Cl3N2O5. The maximum Gasteiger partial charge on any atom is 0.335 e. The zero-order chi connectivity index (χ0) is 28.9. The van der Waals surface area contributed by atoms with E-state index in [2.05, 4.69) is 5.32 Å². The van der Waals surface area contributed by atoms with Crippen molar-refractivity contribution >= 4 is 64.4 Å². The van der Waals surface area contributed by atoms with Gasteiger partial charge < -0.3 is 9.47 Å². The van der Waals surface area contributed by atoms with Gasteiger partial charge in [-0.2, -0.15) is 0 Å². The van der Waals surface area contributed by atoms with Gasteiger partial charge in [0.05, 0.1) is 20.8 Å². The fourth-order valence-electron chi connectivity index (χ4n) is 4.01. The van der Waals surface area contributed by atoms with E-state index in [4.69, 9.17) is 44.3 Å². The summed E-state index contributed by atoms with van der Waals surface area (Å²) in [5.74, 6) is -0.626. The molecule has 1 heterocycles. The molecule has 0 bridgehead atoms. The van der Waals surface area contributed by atoms with Gasteiger partial charge in [0.25, 0.3) is 11.8 Å². The van der Waals surface area contributed by atoms with Gasteiger partial charge in [-0.15, -0.1) is 0 Å². The van der Waals surface area contributed by atoms with Crippen LogP contribution in [0.25, 0.3) is 6.08 Å². The molecule has 1 fully saturated rings. The summed E-state index contributed by atoms with van der Waals surface area (Å²) in [4.78, 5) is 39.4. The van der Waals surface area contributed by atoms with Crippen LogP contribution in [-0.2, 0) is 22.8 Å². The van der Waals surface area contributed by atoms with Crippen LogP contribution in [0.15, 0.2) is 96.6 Å². The van der Waals surface area contributed by atoms with Crippen molar-refractivity contribution in [3.63, 3.8) is 0 Å². The summed E-state index contributed by atoms with van der Waals surface area (Å²) in [6.07, 6.45) is 1.36. The van der Waals surface area contributed by atoms with Crippen molar-refractivity contribution < 1.29 is 23.9 Å². The Labute approximate surface area is 250 Å². The summed E-state index contributed by atoms with van der Waals surface area (Å²) in [5, 5.41) is 3.33. The van der Waals surface area contributed by atoms with Crippen LogP contribution in [0.2, 0.25) is 15.1 Å². The molecule has 5 rings (SSSR count). The molecule has 4 aromatic carbocycles. The number of halogens is 3. The lowest BCUT2D eigenvalue weighted by atomic mass is 10.1. The maximum atomic E-state index is 13.3. The minimum Gasteiger partial charge on any atom is -0.489 e. The van der Waals surface area contributed by atoms with Gasteiger partial charge in [-0.25, -0.2) is 9.69 Å². The van der Waals surface area contributed by atoms with Crippen molar-refractivity contribution in [3.8, 4) is 11.5 Å². The standard InChI is InChI=1S/C31H21Cl3N2O5/c32-25-12-6-21(16-26(25)33)18-41-28-13-7-20(15-27(28)34)14-24-29(37)35-31(39)36(30(24)38)22-8-10-23(11-9-22)40-17-19-4-2-1-3-5-19/h1-16H,17-18H2,(H,35,37,39)/b24-14+. The number of hydrogen-bond donors (Lipinski definition) is 1. The Morgan fingerprint density at radius 1 is 0.707 bits per heavy atom. The number of amides is 4. The van der Waals surface area contributed by atoms with E-state index >= 15 is 0 Å². The molecule has 0 aliphatic carbocycles. The highest BCUT2D eigenvalue weighted by Gasteiger charge is 2.36. The lowest BCUT2D eigenvalue weighted by molar-refractivity contribution is -0.122. The first kappa shape index (κ1) is 28.2. The molecule has 1 aliphatic rings. The number of nitrogens with zero attached hydrogens (tertiary/aromatic N) is 1. The van der Waals surface area contributed by atoms with Gasteiger partial charge in [-0.1, -0.05) is 77.3 Å². The third-order valence-corrected chi connectivity index (χ3v) is 7.12. The minimum atomic E-state index is -0.848. The first-order chi connectivity index (χ1) is 19.8. The summed E-state index contributed by atoms with van der Waals surface area (Å²) in [6, 6.07) is 25.2. The lowest BCUT2D eigenvalue weighted by Gasteiger charge is -2.26. The highest BCUT2D eigenvalue weighted by atomic mass is 35.5. The second kappa shape index (κ2) is 12.5. The van der Waals surface area contributed by atoms with Crippen LogP contribution >= 0.6 is 34.8 Å². The molecule has 0 saturated carbocycles. The number of nitrogens with one attached hydrogen (secondary N) is 1. The number of ether oxygens (including phenoxy) is 2. The molecule has 0 radical (unpaired) electrons. The Hall–Kier alpha value is -4.30. The summed E-state index contributed by atoms with van der Waals surface area (Å²) < 4.78 is 11.6. The highest BCUT2D eigenvalue weighted by molar-refractivity contribution is 6.42. The average Bonchev–Trinajstić information content (AvgIpc) is 2.96. The number of imide groups is 2. The molecule has 0 unspecified atom stereocenters. The van der Waals surface area contributed by atoms with Crippen molar-refractivity contribution in [3.05, 3.63) is 128 Å². The monoisotopic (exact) mass is 606 g/mol. The molecule has 0 spiro atoms. The largest absolute Gasteiger partial charge is 0.489 e. The summed E-state index contributed by atoms with van der Waals surface area (Å²) >= 11 is 18.4. The second-order valence-corrected chi connectivity index (χ2v) is 10.2. The molecule has 1 aliphatic heterocycles. The molecule has 1 saturated heterocycles. The quantitative estimate of drug-likeness (QED) is 0.166. The summed E-state index contributed by atoms with van der Waals surface area (Å²) in [6.45, 7) is 0.567. The maximum absolute atomic E-state index is 13.3. The smallest absolute Gasteiger partial charge is 0.335 e. The molecule has 7 nitrogen and oxygen atoms in total. The van der Waals surface area contributed by atoms with Crippen LogP contribution in [-0.4, -0.2) is 17.8 Å². The van der Waals surface area contributed by atoms with E-state index in [1.165, 1.54) is 6.08 Å². The first-order valence-electron chi connectivity index (χ1n) is 12.3. The number of rotatable bonds is 8. The molecule has 0 aromatic heterocycles. The van der Waals surface area contributed by atoms with Gasteiger partial charge in [0.15, 0.2) is 0 Å². The van der Waals surface area contributed by atoms with E-state index in [0.717, 1.165) is 16.0 Å². The van der Waals surface area contributed by atoms with Crippen molar-refractivity contribution in [1.29, 1.82) is 0 Å². The van der Waals surface area contributed by atoms with Crippen LogP contribution < -0.4 is 19.7 Å². The van der Waals surface area contributed by atoms with Crippen LogP contribution in [0, 0.1) is 0 Å². The molecular weight excluding hydrogens is 587 g/mol. The molecule has 0 atom stereocenters. The Kier molecular flexibility index (Phi) is 8.59. The Morgan fingerprint density at radius 2 is 1.44 bits per heavy atom. The Bertz CT molecular complexity index is 1660. The van der Waals surface area contributed by atoms with E-state index in [-0.39, 0.29) is 22.9 Å². The van der Waals surface area contributed by atoms with Gasteiger partial charge in [-0.3, -0.25) is 14.9 Å². The van der Waals surface area contributed by atoms with Gasteiger partial charge in [0, 0.05) is 0 Å². The topological polar surface area (TPSA) is 84.9 Å². The van der Waals surface area contributed by atoms with Crippen molar-refractivity contribution in [2.24, 2.45) is 0 Å². The van der Waals surface area contributed by atoms with Crippen molar-refractivity contribution in [2.45, 2.75) is 13.2 Å². The first-order valence-corrected chi connectivity index (χ1v) is 13.5. The highest BCUT2D eigenvalue weighted by Crippen LogP contribution is 2.30. The number of carbonyl (C=O) groups is 3. The Morgan fingerprint density at radius 3 is 2.15 bits per heavy atom. The number of carbonyl (C=O) groups excluding carboxylic acids is 3. The second-order valence-electron chi connectivity index (χ2n) is 8.95. The third kappa shape index (κ3) is 6.72. The van der Waals surface area contributed by atoms with Crippen LogP contribution in [0.3, 0.4) is 0 Å². The van der Waals surface area contributed by atoms with Crippen LogP contribution in [0.4, 0.5) is 10.5 Å². The van der Waals surface area contributed by atoms with Crippen LogP contribution in [0.1, 0.15) is 16.7 Å². The molecule has 4 amide bonds. The van der Waals surface area contributed by atoms with Crippen LogP contribution in [0.5, 0.6) is 11.5 Å². The van der Waals surface area contributed by atoms with E-state index in [9.17, 15) is 14.4 Å². The van der Waals surface area contributed by atoms with Crippen molar-refractivity contribution in [2.75, 3.05) is 4.90 Å². The molecule has 206 valence electrons. The third-order valence-electron chi connectivity index (χ3n) is 6.09. The normalized spacial score (nSPS) is 14.3. The number of barbiturate groups is 1. The van der Waals surface area contributed by atoms with Gasteiger partial charge in [0.2, 0.25) is 0 Å². The molecule has 41 heavy (non-hydrogen) atoms. The van der Waals surface area contributed by atoms with Gasteiger partial charge in [-0.05, 0) is 71.3 Å². The van der Waals surface area contributed by atoms with Crippen molar-refractivity contribution in [1.82, 2.24) is 5.32 Å². The zero-order valence-corrected chi connectivity index (χ0v) is 23.5. The van der Waals surface area contributed by atoms with E-state index in [1.807, 2.05) is 30.3 Å². The lowest BCUT2D eigenvalue weighted by Crippen LogP contribution is -2.54. The number of hydrogen-bond acceptors (Lipinski definition) is 5. The predicted octanol–water partition coefficient (Wildman–Crippen LogP) is 7.47. The Balaban J connectivity index is 1.29. The zero-order valence-electron chi connectivity index (χ0n) is 21.3. The van der Waals surface area contributed by atoms with Gasteiger partial charge in [0.1, 0.15) is 30.3 Å². The number of urea groups is 1. The molecule has 4 aromatic rings. The van der Waals surface area contributed by atoms with E-state index < -0.39 is 17.8 Å². The molecule has 10 heteroatoms.